The number of carbonyl (C=O) groups excluding carboxylic acids is 1. The summed E-state index contributed by atoms with van der Waals surface area (Å²) in [4.78, 5) is 22.1. The number of hydrogen-bond donors (Lipinski definition) is 2. The van der Waals surface area contributed by atoms with Crippen LogP contribution in [0.2, 0.25) is 0 Å². The first-order chi connectivity index (χ1) is 13.1. The number of hydrogen-bond acceptors (Lipinski definition) is 4. The third kappa shape index (κ3) is 5.66. The van der Waals surface area contributed by atoms with E-state index >= 15 is 0 Å². The molecule has 0 heterocycles. The molecule has 1 unspecified atom stereocenters. The first-order valence-electron chi connectivity index (χ1n) is 8.22. The lowest BCUT2D eigenvalue weighted by atomic mass is 10.1. The van der Waals surface area contributed by atoms with E-state index in [2.05, 4.69) is 10.6 Å². The molecule has 0 aliphatic heterocycles. The summed E-state index contributed by atoms with van der Waals surface area (Å²) < 4.78 is 51.0. The highest BCUT2D eigenvalue weighted by molar-refractivity contribution is 5.77. The van der Waals surface area contributed by atoms with Crippen molar-refractivity contribution in [1.82, 2.24) is 5.32 Å². The van der Waals surface area contributed by atoms with Gasteiger partial charge in [0.2, 0.25) is 5.91 Å². The highest BCUT2D eigenvalue weighted by Gasteiger charge is 2.33. The molecule has 0 spiro atoms. The minimum atomic E-state index is -4.69. The zero-order valence-corrected chi connectivity index (χ0v) is 14.7. The van der Waals surface area contributed by atoms with E-state index in [0.29, 0.717) is 11.6 Å². The molecule has 0 aromatic heterocycles. The molecule has 0 radical (unpaired) electrons. The normalized spacial score (nSPS) is 12.3. The van der Waals surface area contributed by atoms with Gasteiger partial charge in [-0.2, -0.15) is 13.2 Å². The maximum atomic E-state index is 12.9. The molecule has 2 aromatic rings. The number of rotatable bonds is 7. The number of nitro benzene ring substituents is 1. The number of nitrogens with one attached hydrogen (secondary N) is 2. The van der Waals surface area contributed by atoms with E-state index < -0.39 is 28.2 Å². The van der Waals surface area contributed by atoms with Gasteiger partial charge >= 0.3 is 6.18 Å². The number of carbonyl (C=O) groups is 1. The van der Waals surface area contributed by atoms with Crippen LogP contribution in [-0.2, 0) is 11.0 Å². The van der Waals surface area contributed by atoms with Gasteiger partial charge in [0, 0.05) is 19.0 Å². The summed E-state index contributed by atoms with van der Waals surface area (Å²) in [6.45, 7) is 1.69. The van der Waals surface area contributed by atoms with Crippen LogP contribution in [0.1, 0.15) is 30.5 Å². The summed E-state index contributed by atoms with van der Waals surface area (Å²) in [5, 5.41) is 16.3. The number of alkyl halides is 3. The minimum absolute atomic E-state index is 0.0197. The van der Waals surface area contributed by atoms with Gasteiger partial charge in [-0.3, -0.25) is 14.9 Å². The molecule has 0 aliphatic rings. The zero-order chi connectivity index (χ0) is 20.9. The molecule has 2 rings (SSSR count). The summed E-state index contributed by atoms with van der Waals surface area (Å²) in [7, 11) is 0. The summed E-state index contributed by atoms with van der Waals surface area (Å²) in [6.07, 6.45) is -4.76. The Morgan fingerprint density at radius 2 is 1.82 bits per heavy atom. The highest BCUT2D eigenvalue weighted by atomic mass is 19.4. The number of halogens is 4. The van der Waals surface area contributed by atoms with Gasteiger partial charge in [0.15, 0.2) is 0 Å². The number of amides is 1. The van der Waals surface area contributed by atoms with Crippen LogP contribution in [-0.4, -0.2) is 17.4 Å². The largest absolute Gasteiger partial charge is 0.416 e. The molecule has 2 aromatic carbocycles. The average molecular weight is 399 g/mol. The van der Waals surface area contributed by atoms with Crippen molar-refractivity contribution in [3.05, 3.63) is 69.5 Å². The van der Waals surface area contributed by atoms with Crippen LogP contribution in [0.25, 0.3) is 0 Å². The van der Waals surface area contributed by atoms with Crippen LogP contribution >= 0.6 is 0 Å². The second kappa shape index (κ2) is 8.68. The predicted molar refractivity (Wildman–Crippen MR) is 94.2 cm³/mol. The van der Waals surface area contributed by atoms with Crippen LogP contribution in [0.5, 0.6) is 0 Å². The Balaban J connectivity index is 1.94. The van der Waals surface area contributed by atoms with Crippen LogP contribution < -0.4 is 10.6 Å². The van der Waals surface area contributed by atoms with Crippen molar-refractivity contribution in [3.8, 4) is 0 Å². The van der Waals surface area contributed by atoms with Crippen molar-refractivity contribution in [3.63, 3.8) is 0 Å². The number of anilines is 1. The summed E-state index contributed by atoms with van der Waals surface area (Å²) in [6, 6.07) is 7.35. The zero-order valence-electron chi connectivity index (χ0n) is 14.7. The summed E-state index contributed by atoms with van der Waals surface area (Å²) in [5.41, 5.74) is -1.27. The lowest BCUT2D eigenvalue weighted by Crippen LogP contribution is -2.28. The molecule has 0 fully saturated rings. The van der Waals surface area contributed by atoms with E-state index in [9.17, 15) is 32.5 Å². The number of nitro groups is 1. The molecule has 1 amide bonds. The van der Waals surface area contributed by atoms with Gasteiger partial charge in [0.05, 0.1) is 16.5 Å². The Kier molecular flexibility index (Phi) is 6.55. The Labute approximate surface area is 157 Å². The average Bonchev–Trinajstić information content (AvgIpc) is 2.61. The van der Waals surface area contributed by atoms with Crippen LogP contribution in [0.15, 0.2) is 42.5 Å². The molecule has 0 bridgehead atoms. The molecule has 10 heteroatoms. The van der Waals surface area contributed by atoms with E-state index in [-0.39, 0.29) is 30.6 Å². The first kappa shape index (κ1) is 21.1. The fourth-order valence-electron chi connectivity index (χ4n) is 2.47. The molecule has 0 saturated carbocycles. The lowest BCUT2D eigenvalue weighted by molar-refractivity contribution is -0.384. The van der Waals surface area contributed by atoms with Gasteiger partial charge in [-0.25, -0.2) is 4.39 Å². The minimum Gasteiger partial charge on any atom is -0.379 e. The third-order valence-corrected chi connectivity index (χ3v) is 3.94. The Hall–Kier alpha value is -3.17. The van der Waals surface area contributed by atoms with Crippen molar-refractivity contribution < 1.29 is 27.3 Å². The number of nitrogens with zero attached hydrogens (tertiary/aromatic N) is 1. The van der Waals surface area contributed by atoms with E-state index in [0.717, 1.165) is 12.1 Å². The van der Waals surface area contributed by atoms with E-state index in [4.69, 9.17) is 0 Å². The molecule has 6 nitrogen and oxygen atoms in total. The quantitative estimate of drug-likeness (QED) is 0.410. The van der Waals surface area contributed by atoms with E-state index in [1.807, 2.05) is 0 Å². The Bertz CT molecular complexity index is 854. The predicted octanol–water partition coefficient (Wildman–Crippen LogP) is 4.43. The smallest absolute Gasteiger partial charge is 0.379 e. The van der Waals surface area contributed by atoms with Crippen molar-refractivity contribution in [2.75, 3.05) is 11.9 Å². The second-order valence-corrected chi connectivity index (χ2v) is 6.00. The van der Waals surface area contributed by atoms with Gasteiger partial charge in [-0.15, -0.1) is 0 Å². The lowest BCUT2D eigenvalue weighted by Gasteiger charge is -2.15. The van der Waals surface area contributed by atoms with Gasteiger partial charge < -0.3 is 10.6 Å². The van der Waals surface area contributed by atoms with Crippen molar-refractivity contribution >= 4 is 17.3 Å². The Morgan fingerprint density at radius 1 is 1.18 bits per heavy atom. The van der Waals surface area contributed by atoms with Gasteiger partial charge in [-0.1, -0.05) is 12.1 Å². The summed E-state index contributed by atoms with van der Waals surface area (Å²) in [5.74, 6) is -0.775. The van der Waals surface area contributed by atoms with Gasteiger partial charge in [-0.05, 0) is 36.8 Å². The van der Waals surface area contributed by atoms with Crippen LogP contribution in [0.3, 0.4) is 0 Å². The van der Waals surface area contributed by atoms with Crippen molar-refractivity contribution in [2.45, 2.75) is 25.6 Å². The third-order valence-electron chi connectivity index (χ3n) is 3.94. The highest BCUT2D eigenvalue weighted by Crippen LogP contribution is 2.34. The molecule has 0 aliphatic carbocycles. The van der Waals surface area contributed by atoms with Gasteiger partial charge in [0.25, 0.3) is 5.69 Å². The molecular formula is C18H17F4N3O3. The fraction of sp³-hybridized carbons (Fsp3) is 0.278. The molecule has 28 heavy (non-hydrogen) atoms. The van der Waals surface area contributed by atoms with E-state index in [1.165, 1.54) is 24.3 Å². The maximum absolute atomic E-state index is 12.9. The van der Waals surface area contributed by atoms with Gasteiger partial charge in [0.1, 0.15) is 11.5 Å². The molecular weight excluding hydrogens is 382 g/mol. The maximum Gasteiger partial charge on any atom is 0.416 e. The second-order valence-electron chi connectivity index (χ2n) is 6.00. The monoisotopic (exact) mass is 399 g/mol. The number of benzene rings is 2. The van der Waals surface area contributed by atoms with Crippen LogP contribution in [0.4, 0.5) is 28.9 Å². The SMILES string of the molecule is CC(NC(=O)CCNc1ccc(C(F)(F)F)cc1[N+](=O)[O-])c1ccc(F)cc1. The molecule has 150 valence electrons. The Morgan fingerprint density at radius 3 is 2.39 bits per heavy atom. The van der Waals surface area contributed by atoms with Crippen molar-refractivity contribution in [1.29, 1.82) is 0 Å². The molecule has 1 atom stereocenters. The first-order valence-corrected chi connectivity index (χ1v) is 8.22. The topological polar surface area (TPSA) is 84.3 Å². The van der Waals surface area contributed by atoms with Crippen molar-refractivity contribution in [2.24, 2.45) is 0 Å². The summed E-state index contributed by atoms with van der Waals surface area (Å²) >= 11 is 0. The van der Waals surface area contributed by atoms with Crippen LogP contribution in [0, 0.1) is 15.9 Å². The molecule has 0 saturated heterocycles. The van der Waals surface area contributed by atoms with E-state index in [1.54, 1.807) is 6.92 Å². The standard InChI is InChI=1S/C18H17F4N3O3/c1-11(12-2-5-14(19)6-3-12)24-17(26)8-9-23-15-7-4-13(18(20,21)22)10-16(15)25(27)28/h2-7,10-11,23H,8-9H2,1H3,(H,24,26). The fourth-order valence-corrected chi connectivity index (χ4v) is 2.47. The molecule has 2 N–H and O–H groups in total.